The van der Waals surface area contributed by atoms with Crippen LogP contribution in [0.2, 0.25) is 0 Å². The topological polar surface area (TPSA) is 46.1 Å². The Kier molecular flexibility index (Phi) is 4.44. The number of hydrogen-bond acceptors (Lipinski definition) is 3. The second-order valence-corrected chi connectivity index (χ2v) is 4.62. The lowest BCUT2D eigenvalue weighted by Gasteiger charge is -2.22. The summed E-state index contributed by atoms with van der Waals surface area (Å²) in [6.07, 6.45) is -1.67. The van der Waals surface area contributed by atoms with Crippen molar-refractivity contribution in [1.82, 2.24) is 9.97 Å². The van der Waals surface area contributed by atoms with Gasteiger partial charge in [0.2, 0.25) is 0 Å². The number of aryl methyl sites for hydroxylation is 1. The molecule has 2 aromatic rings. The van der Waals surface area contributed by atoms with Crippen molar-refractivity contribution in [2.45, 2.75) is 20.0 Å². The highest BCUT2D eigenvalue weighted by atomic mass is 19.4. The summed E-state index contributed by atoms with van der Waals surface area (Å²) in [5.41, 5.74) is 0.484. The minimum atomic E-state index is -4.40. The van der Waals surface area contributed by atoms with Crippen molar-refractivity contribution in [2.24, 2.45) is 0 Å². The molecule has 4 nitrogen and oxygen atoms in total. The van der Waals surface area contributed by atoms with Crippen LogP contribution >= 0.6 is 0 Å². The number of rotatable bonds is 3. The maximum atomic E-state index is 12.6. The van der Waals surface area contributed by atoms with E-state index in [2.05, 4.69) is 9.97 Å². The van der Waals surface area contributed by atoms with E-state index in [0.717, 1.165) is 12.1 Å². The lowest BCUT2D eigenvalue weighted by molar-refractivity contribution is -0.137. The number of anilines is 1. The minimum Gasteiger partial charge on any atom is -0.309 e. The summed E-state index contributed by atoms with van der Waals surface area (Å²) in [6, 6.07) is 4.48. The average molecular weight is 309 g/mol. The molecule has 0 bridgehead atoms. The Balaban J connectivity index is 2.32. The van der Waals surface area contributed by atoms with Crippen LogP contribution in [-0.4, -0.2) is 22.4 Å². The fourth-order valence-electron chi connectivity index (χ4n) is 2.02. The fraction of sp³-hybridized carbons (Fsp3) is 0.267. The van der Waals surface area contributed by atoms with Crippen LogP contribution in [0.15, 0.2) is 36.8 Å². The molecule has 22 heavy (non-hydrogen) atoms. The Morgan fingerprint density at radius 2 is 1.86 bits per heavy atom. The number of carbonyl (C=O) groups is 1. The first-order valence-corrected chi connectivity index (χ1v) is 6.60. The molecule has 0 aliphatic heterocycles. The van der Waals surface area contributed by atoms with Crippen molar-refractivity contribution in [2.75, 3.05) is 11.4 Å². The summed E-state index contributed by atoms with van der Waals surface area (Å²) in [7, 11) is 0. The number of alkyl halides is 3. The van der Waals surface area contributed by atoms with Crippen molar-refractivity contribution >= 4 is 11.6 Å². The van der Waals surface area contributed by atoms with E-state index in [-0.39, 0.29) is 5.91 Å². The molecule has 1 aromatic heterocycles. The van der Waals surface area contributed by atoms with Crippen molar-refractivity contribution in [3.05, 3.63) is 53.6 Å². The van der Waals surface area contributed by atoms with Crippen LogP contribution in [0.3, 0.4) is 0 Å². The molecule has 0 saturated carbocycles. The Morgan fingerprint density at radius 3 is 2.36 bits per heavy atom. The molecule has 7 heteroatoms. The summed E-state index contributed by atoms with van der Waals surface area (Å²) in [5.74, 6) is -0.347. The van der Waals surface area contributed by atoms with Gasteiger partial charge in [-0.15, -0.1) is 0 Å². The van der Waals surface area contributed by atoms with Crippen molar-refractivity contribution in [3.8, 4) is 0 Å². The molecule has 0 saturated heterocycles. The summed E-state index contributed by atoms with van der Waals surface area (Å²) in [6.45, 7) is 3.74. The smallest absolute Gasteiger partial charge is 0.309 e. The van der Waals surface area contributed by atoms with Gasteiger partial charge in [-0.25, -0.2) is 9.97 Å². The van der Waals surface area contributed by atoms with Gasteiger partial charge in [0, 0.05) is 18.4 Å². The van der Waals surface area contributed by atoms with Crippen LogP contribution in [0.25, 0.3) is 0 Å². The number of amides is 1. The zero-order chi connectivity index (χ0) is 16.3. The molecule has 0 fully saturated rings. The standard InChI is InChI=1S/C15H14F3N3O/c1-3-21(14(22)13-8-19-9-20-10(13)2)12-6-4-11(5-7-12)15(16,17)18/h4-9H,3H2,1-2H3. The average Bonchev–Trinajstić information content (AvgIpc) is 2.48. The van der Waals surface area contributed by atoms with Gasteiger partial charge in [-0.05, 0) is 38.1 Å². The Morgan fingerprint density at radius 1 is 1.23 bits per heavy atom. The Labute approximate surface area is 125 Å². The summed E-state index contributed by atoms with van der Waals surface area (Å²) in [4.78, 5) is 21.6. The monoisotopic (exact) mass is 309 g/mol. The van der Waals surface area contributed by atoms with Gasteiger partial charge in [-0.3, -0.25) is 4.79 Å². The van der Waals surface area contributed by atoms with Crippen LogP contribution < -0.4 is 4.90 Å². The largest absolute Gasteiger partial charge is 0.416 e. The number of halogens is 3. The van der Waals surface area contributed by atoms with Crippen LogP contribution in [0.5, 0.6) is 0 Å². The summed E-state index contributed by atoms with van der Waals surface area (Å²) >= 11 is 0. The molecule has 0 aliphatic rings. The molecule has 2 rings (SSSR count). The molecule has 0 aliphatic carbocycles. The molecular formula is C15H14F3N3O. The third-order valence-corrected chi connectivity index (χ3v) is 3.21. The molecule has 0 spiro atoms. The van der Waals surface area contributed by atoms with E-state index in [1.807, 2.05) is 0 Å². The van der Waals surface area contributed by atoms with Gasteiger partial charge in [0.1, 0.15) is 6.33 Å². The van der Waals surface area contributed by atoms with Crippen molar-refractivity contribution in [3.63, 3.8) is 0 Å². The van der Waals surface area contributed by atoms with Crippen molar-refractivity contribution in [1.29, 1.82) is 0 Å². The van der Waals surface area contributed by atoms with Gasteiger partial charge in [0.15, 0.2) is 0 Å². The number of aromatic nitrogens is 2. The maximum absolute atomic E-state index is 12.6. The van der Waals surface area contributed by atoms with Crippen LogP contribution in [0.4, 0.5) is 18.9 Å². The normalized spacial score (nSPS) is 11.3. The quantitative estimate of drug-likeness (QED) is 0.872. The highest BCUT2D eigenvalue weighted by Gasteiger charge is 2.30. The SMILES string of the molecule is CCN(C(=O)c1cncnc1C)c1ccc(C(F)(F)F)cc1. The molecule has 0 atom stereocenters. The zero-order valence-electron chi connectivity index (χ0n) is 12.1. The van der Waals surface area contributed by atoms with Crippen molar-refractivity contribution < 1.29 is 18.0 Å². The number of nitrogens with zero attached hydrogens (tertiary/aromatic N) is 3. The third-order valence-electron chi connectivity index (χ3n) is 3.21. The summed E-state index contributed by atoms with van der Waals surface area (Å²) < 4.78 is 37.7. The number of hydrogen-bond donors (Lipinski definition) is 0. The van der Waals surface area contributed by atoms with E-state index in [0.29, 0.717) is 23.5 Å². The van der Waals surface area contributed by atoms with E-state index < -0.39 is 11.7 Å². The molecule has 1 heterocycles. The van der Waals surface area contributed by atoms with E-state index in [1.165, 1.54) is 29.6 Å². The van der Waals surface area contributed by atoms with Gasteiger partial charge < -0.3 is 4.90 Å². The van der Waals surface area contributed by atoms with Gasteiger partial charge in [0.05, 0.1) is 16.8 Å². The number of benzene rings is 1. The predicted octanol–water partition coefficient (Wildman–Crippen LogP) is 3.47. The Hall–Kier alpha value is -2.44. The molecule has 0 N–H and O–H groups in total. The van der Waals surface area contributed by atoms with Crippen LogP contribution in [0.1, 0.15) is 28.5 Å². The van der Waals surface area contributed by atoms with E-state index in [4.69, 9.17) is 0 Å². The second kappa shape index (κ2) is 6.13. The van der Waals surface area contributed by atoms with Gasteiger partial charge in [-0.2, -0.15) is 13.2 Å². The predicted molar refractivity (Wildman–Crippen MR) is 75.6 cm³/mol. The lowest BCUT2D eigenvalue weighted by Crippen LogP contribution is -2.31. The fourth-order valence-corrected chi connectivity index (χ4v) is 2.02. The summed E-state index contributed by atoms with van der Waals surface area (Å²) in [5, 5.41) is 0. The first kappa shape index (κ1) is 15.9. The molecular weight excluding hydrogens is 295 g/mol. The Bertz CT molecular complexity index is 668. The van der Waals surface area contributed by atoms with E-state index >= 15 is 0 Å². The molecule has 1 aromatic carbocycles. The maximum Gasteiger partial charge on any atom is 0.416 e. The first-order chi connectivity index (χ1) is 10.3. The van der Waals surface area contributed by atoms with Gasteiger partial charge in [-0.1, -0.05) is 0 Å². The zero-order valence-corrected chi connectivity index (χ0v) is 12.1. The van der Waals surface area contributed by atoms with Gasteiger partial charge >= 0.3 is 6.18 Å². The van der Waals surface area contributed by atoms with Crippen LogP contribution in [-0.2, 0) is 6.18 Å². The van der Waals surface area contributed by atoms with Gasteiger partial charge in [0.25, 0.3) is 5.91 Å². The molecule has 0 unspecified atom stereocenters. The molecule has 116 valence electrons. The minimum absolute atomic E-state index is 0.318. The highest BCUT2D eigenvalue weighted by molar-refractivity contribution is 6.06. The molecule has 0 radical (unpaired) electrons. The third kappa shape index (κ3) is 3.24. The first-order valence-electron chi connectivity index (χ1n) is 6.60. The van der Waals surface area contributed by atoms with E-state index in [1.54, 1.807) is 13.8 Å². The van der Waals surface area contributed by atoms with E-state index in [9.17, 15) is 18.0 Å². The second-order valence-electron chi connectivity index (χ2n) is 4.62. The lowest BCUT2D eigenvalue weighted by atomic mass is 10.1. The van der Waals surface area contributed by atoms with Crippen LogP contribution in [0, 0.1) is 6.92 Å². The number of carbonyl (C=O) groups excluding carboxylic acids is 1. The molecule has 1 amide bonds. The highest BCUT2D eigenvalue weighted by Crippen LogP contribution is 2.30.